The zero-order valence-corrected chi connectivity index (χ0v) is 12.5. The summed E-state index contributed by atoms with van der Waals surface area (Å²) in [6.07, 6.45) is -1.56. The van der Waals surface area contributed by atoms with Crippen molar-refractivity contribution in [1.29, 1.82) is 0 Å². The summed E-state index contributed by atoms with van der Waals surface area (Å²) in [5.74, 6) is -0.241. The van der Waals surface area contributed by atoms with Crippen molar-refractivity contribution >= 4 is 21.8 Å². The van der Waals surface area contributed by atoms with Crippen LogP contribution in [0.4, 0.5) is 13.2 Å². The Balaban J connectivity index is 2.14. The van der Waals surface area contributed by atoms with Crippen molar-refractivity contribution < 1.29 is 18.0 Å². The monoisotopic (exact) mass is 350 g/mol. The van der Waals surface area contributed by atoms with E-state index in [0.717, 1.165) is 10.5 Å². The van der Waals surface area contributed by atoms with E-state index in [1.807, 2.05) is 6.92 Å². The van der Waals surface area contributed by atoms with Crippen molar-refractivity contribution in [2.75, 3.05) is 13.1 Å². The van der Waals surface area contributed by atoms with Crippen LogP contribution in [0.2, 0.25) is 0 Å². The number of rotatable bonds is 2. The largest absolute Gasteiger partial charge is 0.412 e. The molecule has 0 bridgehead atoms. The number of amides is 1. The van der Waals surface area contributed by atoms with Gasteiger partial charge in [-0.3, -0.25) is 4.79 Å². The van der Waals surface area contributed by atoms with Gasteiger partial charge in [-0.2, -0.15) is 13.2 Å². The first kappa shape index (κ1) is 15.2. The second kappa shape index (κ2) is 5.63. The molecule has 1 aromatic heterocycles. The second-order valence-corrected chi connectivity index (χ2v) is 5.47. The average molecular weight is 351 g/mol. The fourth-order valence-electron chi connectivity index (χ4n) is 2.19. The standard InChI is InChI=1S/C13H14BrF3N2O/c1-2-18-8-10(14)7-11(18)12(20)19-5-3-9(4-6-19)13(15,16)17/h3,7-8H,2,4-6H2,1H3. The van der Waals surface area contributed by atoms with Gasteiger partial charge in [-0.1, -0.05) is 6.08 Å². The van der Waals surface area contributed by atoms with E-state index in [-0.39, 0.29) is 25.4 Å². The summed E-state index contributed by atoms with van der Waals surface area (Å²) in [5.41, 5.74) is -0.0585. The number of alkyl halides is 3. The summed E-state index contributed by atoms with van der Waals surface area (Å²) in [5, 5.41) is 0. The Morgan fingerprint density at radius 1 is 1.45 bits per heavy atom. The molecule has 110 valence electrons. The van der Waals surface area contributed by atoms with E-state index < -0.39 is 11.7 Å². The maximum Gasteiger partial charge on any atom is 0.412 e. The van der Waals surface area contributed by atoms with E-state index in [0.29, 0.717) is 12.2 Å². The number of carbonyl (C=O) groups excluding carboxylic acids is 1. The highest BCUT2D eigenvalue weighted by Gasteiger charge is 2.35. The molecule has 1 amide bonds. The first-order valence-corrected chi connectivity index (χ1v) is 7.03. The predicted octanol–water partition coefficient (Wildman–Crippen LogP) is 3.61. The number of hydrogen-bond acceptors (Lipinski definition) is 1. The lowest BCUT2D eigenvalue weighted by Crippen LogP contribution is -2.37. The minimum atomic E-state index is -4.29. The zero-order chi connectivity index (χ0) is 14.9. The van der Waals surface area contributed by atoms with E-state index in [9.17, 15) is 18.0 Å². The molecule has 7 heteroatoms. The third-order valence-electron chi connectivity index (χ3n) is 3.28. The van der Waals surface area contributed by atoms with Crippen molar-refractivity contribution in [2.24, 2.45) is 0 Å². The smallest absolute Gasteiger partial charge is 0.343 e. The molecule has 0 saturated heterocycles. The molecule has 0 unspecified atom stereocenters. The van der Waals surface area contributed by atoms with Gasteiger partial charge in [-0.15, -0.1) is 0 Å². The maximum absolute atomic E-state index is 12.5. The van der Waals surface area contributed by atoms with Crippen molar-refractivity contribution in [3.63, 3.8) is 0 Å². The summed E-state index contributed by atoms with van der Waals surface area (Å²) in [6.45, 7) is 2.63. The molecule has 0 spiro atoms. The first-order valence-electron chi connectivity index (χ1n) is 6.24. The fourth-order valence-corrected chi connectivity index (χ4v) is 2.65. The number of halogens is 4. The lowest BCUT2D eigenvalue weighted by Gasteiger charge is -2.27. The van der Waals surface area contributed by atoms with Gasteiger partial charge in [0.15, 0.2) is 0 Å². The van der Waals surface area contributed by atoms with E-state index in [2.05, 4.69) is 15.9 Å². The predicted molar refractivity (Wildman–Crippen MR) is 72.5 cm³/mol. The number of nitrogens with zero attached hydrogens (tertiary/aromatic N) is 2. The minimum absolute atomic E-state index is 0.000188. The third kappa shape index (κ3) is 3.08. The van der Waals surface area contributed by atoms with Crippen LogP contribution in [0.25, 0.3) is 0 Å². The van der Waals surface area contributed by atoms with Crippen molar-refractivity contribution in [2.45, 2.75) is 26.1 Å². The highest BCUT2D eigenvalue weighted by Crippen LogP contribution is 2.30. The molecule has 0 radical (unpaired) electrons. The number of hydrogen-bond donors (Lipinski definition) is 0. The van der Waals surface area contributed by atoms with Gasteiger partial charge in [0.1, 0.15) is 5.69 Å². The lowest BCUT2D eigenvalue weighted by molar-refractivity contribution is -0.0957. The molecule has 0 aliphatic carbocycles. The molecule has 0 atom stereocenters. The number of aryl methyl sites for hydroxylation is 1. The number of carbonyl (C=O) groups is 1. The number of aromatic nitrogens is 1. The van der Waals surface area contributed by atoms with Crippen molar-refractivity contribution in [1.82, 2.24) is 9.47 Å². The Kier molecular flexibility index (Phi) is 4.27. The van der Waals surface area contributed by atoms with Gasteiger partial charge in [0.2, 0.25) is 0 Å². The molecule has 1 aliphatic heterocycles. The molecule has 1 aliphatic rings. The molecular weight excluding hydrogens is 337 g/mol. The molecule has 20 heavy (non-hydrogen) atoms. The van der Waals surface area contributed by atoms with Crippen LogP contribution in [0.1, 0.15) is 23.8 Å². The second-order valence-electron chi connectivity index (χ2n) is 4.56. The SMILES string of the molecule is CCn1cc(Br)cc1C(=O)N1CC=C(C(F)(F)F)CC1. The Morgan fingerprint density at radius 2 is 2.15 bits per heavy atom. The van der Waals surface area contributed by atoms with Crippen LogP contribution in [0.3, 0.4) is 0 Å². The average Bonchev–Trinajstić information content (AvgIpc) is 2.78. The van der Waals surface area contributed by atoms with E-state index in [1.165, 1.54) is 4.90 Å². The van der Waals surface area contributed by atoms with Crippen molar-refractivity contribution in [3.8, 4) is 0 Å². The molecular formula is C13H14BrF3N2O. The molecule has 3 nitrogen and oxygen atoms in total. The van der Waals surface area contributed by atoms with Gasteiger partial charge >= 0.3 is 6.18 Å². The van der Waals surface area contributed by atoms with Crippen LogP contribution in [-0.4, -0.2) is 34.6 Å². The normalized spacial score (nSPS) is 16.2. The fraction of sp³-hybridized carbons (Fsp3) is 0.462. The molecule has 0 saturated carbocycles. The van der Waals surface area contributed by atoms with Crippen molar-refractivity contribution in [3.05, 3.63) is 34.1 Å². The molecule has 2 heterocycles. The van der Waals surface area contributed by atoms with Gasteiger partial charge in [0.25, 0.3) is 5.91 Å². The van der Waals surface area contributed by atoms with Gasteiger partial charge in [0, 0.05) is 35.9 Å². The van der Waals surface area contributed by atoms with Crippen LogP contribution in [0.5, 0.6) is 0 Å². The zero-order valence-electron chi connectivity index (χ0n) is 10.9. The van der Waals surface area contributed by atoms with Crippen LogP contribution < -0.4 is 0 Å². The summed E-state index contributed by atoms with van der Waals surface area (Å²) >= 11 is 3.30. The highest BCUT2D eigenvalue weighted by atomic mass is 79.9. The topological polar surface area (TPSA) is 25.2 Å². The molecule has 0 fully saturated rings. The summed E-state index contributed by atoms with van der Waals surface area (Å²) in [7, 11) is 0. The Bertz CT molecular complexity index is 548. The molecule has 1 aromatic rings. The molecule has 0 aromatic carbocycles. The maximum atomic E-state index is 12.5. The van der Waals surface area contributed by atoms with Crippen LogP contribution in [-0.2, 0) is 6.54 Å². The van der Waals surface area contributed by atoms with Crippen LogP contribution in [0.15, 0.2) is 28.4 Å². The minimum Gasteiger partial charge on any atom is -0.343 e. The molecule has 2 rings (SSSR count). The van der Waals surface area contributed by atoms with Gasteiger partial charge in [0.05, 0.1) is 0 Å². The lowest BCUT2D eigenvalue weighted by atomic mass is 10.1. The molecule has 0 N–H and O–H groups in total. The van der Waals surface area contributed by atoms with E-state index >= 15 is 0 Å². The Hall–Kier alpha value is -1.24. The summed E-state index contributed by atoms with van der Waals surface area (Å²) in [4.78, 5) is 13.8. The summed E-state index contributed by atoms with van der Waals surface area (Å²) < 4.78 is 40.2. The van der Waals surface area contributed by atoms with Gasteiger partial charge in [-0.05, 0) is 35.3 Å². The van der Waals surface area contributed by atoms with Gasteiger partial charge < -0.3 is 9.47 Å². The van der Waals surface area contributed by atoms with E-state index in [4.69, 9.17) is 0 Å². The van der Waals surface area contributed by atoms with Crippen LogP contribution >= 0.6 is 15.9 Å². The van der Waals surface area contributed by atoms with Gasteiger partial charge in [-0.25, -0.2) is 0 Å². The summed E-state index contributed by atoms with van der Waals surface area (Å²) in [6, 6.07) is 1.69. The quantitative estimate of drug-likeness (QED) is 0.748. The Morgan fingerprint density at radius 3 is 2.65 bits per heavy atom. The third-order valence-corrected chi connectivity index (χ3v) is 3.72. The van der Waals surface area contributed by atoms with Crippen LogP contribution in [0, 0.1) is 0 Å². The first-order chi connectivity index (χ1) is 9.32. The Labute approximate surface area is 123 Å². The van der Waals surface area contributed by atoms with E-state index in [1.54, 1.807) is 16.8 Å². The highest BCUT2D eigenvalue weighted by molar-refractivity contribution is 9.10.